The van der Waals surface area contributed by atoms with E-state index in [2.05, 4.69) is 48.3 Å². The van der Waals surface area contributed by atoms with Crippen LogP contribution in [0.25, 0.3) is 0 Å². The molecule has 180 valence electrons. The zero-order valence-corrected chi connectivity index (χ0v) is 20.5. The molecule has 1 spiro atoms. The molecule has 3 fully saturated rings. The van der Waals surface area contributed by atoms with E-state index < -0.39 is 11.6 Å². The minimum absolute atomic E-state index is 0.0398. The van der Waals surface area contributed by atoms with Gasteiger partial charge in [-0.05, 0) is 68.3 Å². The number of piperazine rings is 1. The number of hydrogen-bond acceptors (Lipinski definition) is 5. The maximum absolute atomic E-state index is 13.3. The Labute approximate surface area is 196 Å². The molecule has 2 saturated heterocycles. The molecule has 2 N–H and O–H groups in total. The summed E-state index contributed by atoms with van der Waals surface area (Å²) in [6.45, 7) is 12.2. The van der Waals surface area contributed by atoms with Gasteiger partial charge in [-0.15, -0.1) is 0 Å². The third kappa shape index (κ3) is 4.86. The molecule has 1 aromatic carbocycles. The van der Waals surface area contributed by atoms with Crippen LogP contribution < -0.4 is 15.5 Å². The summed E-state index contributed by atoms with van der Waals surface area (Å²) in [5.41, 5.74) is 2.00. The van der Waals surface area contributed by atoms with Gasteiger partial charge < -0.3 is 20.4 Å². The van der Waals surface area contributed by atoms with Gasteiger partial charge in [0.2, 0.25) is 5.91 Å². The smallest absolute Gasteiger partial charge is 0.325 e. The monoisotopic (exact) mass is 455 g/mol. The first-order chi connectivity index (χ1) is 15.5. The van der Waals surface area contributed by atoms with Crippen LogP contribution in [0, 0.1) is 18.3 Å². The molecule has 2 heterocycles. The summed E-state index contributed by atoms with van der Waals surface area (Å²) in [5.74, 6) is -0.317. The summed E-state index contributed by atoms with van der Waals surface area (Å²) >= 11 is 0. The minimum atomic E-state index is -0.890. The number of nitrogens with one attached hydrogen (secondary N) is 2. The number of carbonyl (C=O) groups is 3. The van der Waals surface area contributed by atoms with E-state index >= 15 is 0 Å². The molecule has 8 heteroatoms. The molecule has 4 rings (SSSR count). The van der Waals surface area contributed by atoms with Crippen LogP contribution in [0.4, 0.5) is 16.2 Å². The topological polar surface area (TPSA) is 85.0 Å². The summed E-state index contributed by atoms with van der Waals surface area (Å²) in [6.07, 6.45) is 2.23. The number of imide groups is 1. The summed E-state index contributed by atoms with van der Waals surface area (Å²) in [7, 11) is 2.13. The third-order valence-electron chi connectivity index (χ3n) is 7.25. The van der Waals surface area contributed by atoms with Crippen molar-refractivity contribution in [3.8, 4) is 0 Å². The fourth-order valence-corrected chi connectivity index (χ4v) is 6.13. The predicted molar refractivity (Wildman–Crippen MR) is 129 cm³/mol. The van der Waals surface area contributed by atoms with Crippen LogP contribution in [0.2, 0.25) is 0 Å². The molecular formula is C25H37N5O3. The summed E-state index contributed by atoms with van der Waals surface area (Å²) < 4.78 is 0. The second-order valence-electron chi connectivity index (χ2n) is 11.1. The molecular weight excluding hydrogens is 418 g/mol. The van der Waals surface area contributed by atoms with Crippen molar-refractivity contribution in [1.82, 2.24) is 15.1 Å². The Balaban J connectivity index is 1.40. The van der Waals surface area contributed by atoms with Gasteiger partial charge in [0.1, 0.15) is 12.1 Å². The Bertz CT molecular complexity index is 953. The van der Waals surface area contributed by atoms with Crippen LogP contribution in [-0.2, 0) is 9.59 Å². The van der Waals surface area contributed by atoms with Crippen molar-refractivity contribution in [3.63, 3.8) is 0 Å². The summed E-state index contributed by atoms with van der Waals surface area (Å²) in [5, 5.41) is 5.79. The van der Waals surface area contributed by atoms with Gasteiger partial charge in [0, 0.05) is 37.6 Å². The molecule has 0 aromatic heterocycles. The molecule has 1 saturated carbocycles. The van der Waals surface area contributed by atoms with E-state index in [4.69, 9.17) is 0 Å². The van der Waals surface area contributed by atoms with Gasteiger partial charge in [-0.2, -0.15) is 0 Å². The van der Waals surface area contributed by atoms with E-state index in [0.29, 0.717) is 24.4 Å². The van der Waals surface area contributed by atoms with Gasteiger partial charge in [0.15, 0.2) is 0 Å². The molecule has 3 aliphatic rings. The van der Waals surface area contributed by atoms with Crippen LogP contribution in [0.15, 0.2) is 18.2 Å². The summed E-state index contributed by atoms with van der Waals surface area (Å²) in [6, 6.07) is 5.40. The van der Waals surface area contributed by atoms with Gasteiger partial charge in [-0.25, -0.2) is 4.79 Å². The van der Waals surface area contributed by atoms with E-state index in [0.717, 1.165) is 43.1 Å². The first-order valence-electron chi connectivity index (χ1n) is 12.0. The van der Waals surface area contributed by atoms with E-state index in [-0.39, 0.29) is 23.8 Å². The standard InChI is InChI=1S/C25H37N5O3/c1-17-13-24(3,4)16-25(14-17)22(32)30(23(33)27-25)15-21(31)26-19-6-7-20(18(2)12-19)29-10-8-28(5)9-11-29/h6-7,12,17H,8-11,13-16H2,1-5H3,(H,26,31)(H,27,33). The molecule has 1 aromatic rings. The lowest BCUT2D eigenvalue weighted by molar-refractivity contribution is -0.136. The number of anilines is 2. The number of rotatable bonds is 4. The number of likely N-dealkylation sites (N-methyl/N-ethyl adjacent to an activating group) is 1. The van der Waals surface area contributed by atoms with E-state index in [1.54, 1.807) is 0 Å². The Hall–Kier alpha value is -2.61. The normalized spacial score (nSPS) is 27.7. The molecule has 2 unspecified atom stereocenters. The Morgan fingerprint density at radius 2 is 1.85 bits per heavy atom. The van der Waals surface area contributed by atoms with Crippen molar-refractivity contribution in [1.29, 1.82) is 0 Å². The van der Waals surface area contributed by atoms with Crippen molar-refractivity contribution >= 4 is 29.2 Å². The first kappa shape index (κ1) is 23.5. The molecule has 8 nitrogen and oxygen atoms in total. The minimum Gasteiger partial charge on any atom is -0.369 e. The van der Waals surface area contributed by atoms with Gasteiger partial charge in [-0.1, -0.05) is 20.8 Å². The average Bonchev–Trinajstić information content (AvgIpc) is 2.90. The van der Waals surface area contributed by atoms with Crippen molar-refractivity contribution in [2.45, 2.75) is 52.5 Å². The number of amides is 4. The van der Waals surface area contributed by atoms with Gasteiger partial charge in [0.25, 0.3) is 5.91 Å². The highest BCUT2D eigenvalue weighted by Gasteiger charge is 2.56. The summed E-state index contributed by atoms with van der Waals surface area (Å²) in [4.78, 5) is 44.4. The lowest BCUT2D eigenvalue weighted by Gasteiger charge is -2.43. The van der Waals surface area contributed by atoms with Crippen LogP contribution in [0.3, 0.4) is 0 Å². The highest BCUT2D eigenvalue weighted by atomic mass is 16.2. The number of hydrogen-bond donors (Lipinski definition) is 2. The SMILES string of the molecule is Cc1cc(NC(=O)CN2C(=O)NC3(CC(C)CC(C)(C)C3)C2=O)ccc1N1CCN(C)CC1. The molecule has 4 amide bonds. The van der Waals surface area contributed by atoms with Crippen LogP contribution in [-0.4, -0.2) is 73.0 Å². The Morgan fingerprint density at radius 3 is 2.48 bits per heavy atom. The quantitative estimate of drug-likeness (QED) is 0.682. The highest BCUT2D eigenvalue weighted by Crippen LogP contribution is 2.46. The third-order valence-corrected chi connectivity index (χ3v) is 7.25. The van der Waals surface area contributed by atoms with Crippen LogP contribution >= 0.6 is 0 Å². The fourth-order valence-electron chi connectivity index (χ4n) is 6.13. The molecule has 1 aliphatic carbocycles. The highest BCUT2D eigenvalue weighted by molar-refractivity contribution is 6.10. The Kier molecular flexibility index (Phi) is 6.16. The maximum Gasteiger partial charge on any atom is 0.325 e. The molecule has 0 bridgehead atoms. The number of aryl methyl sites for hydroxylation is 1. The van der Waals surface area contributed by atoms with Gasteiger partial charge in [0.05, 0.1) is 0 Å². The first-order valence-corrected chi connectivity index (χ1v) is 12.0. The predicted octanol–water partition coefficient (Wildman–Crippen LogP) is 2.82. The van der Waals surface area contributed by atoms with Crippen molar-refractivity contribution in [2.24, 2.45) is 11.3 Å². The zero-order valence-electron chi connectivity index (χ0n) is 20.5. The van der Waals surface area contributed by atoms with Crippen LogP contribution in [0.1, 0.15) is 45.6 Å². The number of urea groups is 1. The lowest BCUT2D eigenvalue weighted by atomic mass is 9.64. The van der Waals surface area contributed by atoms with Crippen molar-refractivity contribution in [3.05, 3.63) is 23.8 Å². The zero-order chi connectivity index (χ0) is 24.0. The molecule has 2 aliphatic heterocycles. The number of carbonyl (C=O) groups excluding carboxylic acids is 3. The fraction of sp³-hybridized carbons (Fsp3) is 0.640. The number of nitrogens with zero attached hydrogens (tertiary/aromatic N) is 3. The Morgan fingerprint density at radius 1 is 1.15 bits per heavy atom. The van der Waals surface area contributed by atoms with Gasteiger partial charge >= 0.3 is 6.03 Å². The maximum atomic E-state index is 13.3. The molecule has 33 heavy (non-hydrogen) atoms. The van der Waals surface area contributed by atoms with Crippen molar-refractivity contribution < 1.29 is 14.4 Å². The number of benzene rings is 1. The largest absolute Gasteiger partial charge is 0.369 e. The average molecular weight is 456 g/mol. The van der Waals surface area contributed by atoms with Crippen molar-refractivity contribution in [2.75, 3.05) is 50.0 Å². The van der Waals surface area contributed by atoms with Gasteiger partial charge in [-0.3, -0.25) is 14.5 Å². The lowest BCUT2D eigenvalue weighted by Crippen LogP contribution is -2.54. The second kappa shape index (κ2) is 8.63. The molecule has 0 radical (unpaired) electrons. The molecule has 2 atom stereocenters. The van der Waals surface area contributed by atoms with Crippen LogP contribution in [0.5, 0.6) is 0 Å². The van der Waals surface area contributed by atoms with E-state index in [1.165, 1.54) is 5.69 Å². The second-order valence-corrected chi connectivity index (χ2v) is 11.1. The van der Waals surface area contributed by atoms with E-state index in [1.807, 2.05) is 25.1 Å². The van der Waals surface area contributed by atoms with E-state index in [9.17, 15) is 14.4 Å².